The van der Waals surface area contributed by atoms with E-state index in [0.717, 1.165) is 12.1 Å². The number of halogens is 4. The Bertz CT molecular complexity index is 1280. The lowest BCUT2D eigenvalue weighted by Gasteiger charge is -2.14. The van der Waals surface area contributed by atoms with Crippen molar-refractivity contribution in [3.63, 3.8) is 0 Å². The topological polar surface area (TPSA) is 51.5 Å². The van der Waals surface area contributed by atoms with Crippen molar-refractivity contribution in [2.24, 2.45) is 0 Å². The summed E-state index contributed by atoms with van der Waals surface area (Å²) in [6.07, 6.45) is 1.68. The Morgan fingerprint density at radius 1 is 0.968 bits per heavy atom. The van der Waals surface area contributed by atoms with Gasteiger partial charge in [0, 0.05) is 22.7 Å². The largest absolute Gasteiger partial charge is 0.489 e. The van der Waals surface area contributed by atoms with Crippen LogP contribution in [-0.2, 0) is 13.2 Å². The van der Waals surface area contributed by atoms with Gasteiger partial charge in [-0.25, -0.2) is 22.4 Å². The van der Waals surface area contributed by atoms with E-state index in [0.29, 0.717) is 16.5 Å². The Balaban J connectivity index is 1.63. The number of nitrogens with zero attached hydrogens (tertiary/aromatic N) is 1. The first-order valence-electron chi connectivity index (χ1n) is 9.19. The van der Waals surface area contributed by atoms with Gasteiger partial charge < -0.3 is 14.4 Å². The molecule has 0 fully saturated rings. The van der Waals surface area contributed by atoms with Crippen molar-refractivity contribution in [1.29, 1.82) is 0 Å². The number of benzene rings is 3. The maximum atomic E-state index is 13.9. The fourth-order valence-corrected chi connectivity index (χ4v) is 3.40. The van der Waals surface area contributed by atoms with Gasteiger partial charge in [0.15, 0.2) is 17.5 Å². The summed E-state index contributed by atoms with van der Waals surface area (Å²) in [6, 6.07) is 12.0. The van der Waals surface area contributed by atoms with Gasteiger partial charge in [-0.15, -0.1) is 0 Å². The lowest BCUT2D eigenvalue weighted by Crippen LogP contribution is -2.05. The third-order valence-electron chi connectivity index (χ3n) is 4.85. The normalized spacial score (nSPS) is 11.1. The number of rotatable bonds is 6. The quantitative estimate of drug-likeness (QED) is 0.324. The summed E-state index contributed by atoms with van der Waals surface area (Å²) in [5.41, 5.74) is 1.29. The summed E-state index contributed by atoms with van der Waals surface area (Å²) in [4.78, 5) is 11.4. The van der Waals surface area contributed by atoms with Crippen LogP contribution in [0, 0.1) is 23.3 Å². The Kier molecular flexibility index (Phi) is 5.37. The monoisotopic (exact) mass is 429 g/mol. The van der Waals surface area contributed by atoms with Crippen LogP contribution in [0.25, 0.3) is 10.9 Å². The maximum absolute atomic E-state index is 13.9. The molecule has 0 aliphatic rings. The fraction of sp³-hybridized carbons (Fsp3) is 0.0870. The van der Waals surface area contributed by atoms with E-state index in [1.807, 2.05) is 0 Å². The van der Waals surface area contributed by atoms with Crippen molar-refractivity contribution >= 4 is 16.9 Å². The highest BCUT2D eigenvalue weighted by molar-refractivity contribution is 6.03. The molecule has 158 valence electrons. The molecular weight excluding hydrogens is 414 g/mol. The van der Waals surface area contributed by atoms with Gasteiger partial charge in [-0.05, 0) is 54.1 Å². The fourth-order valence-electron chi connectivity index (χ4n) is 3.40. The molecule has 0 saturated carbocycles. The molecule has 0 aliphatic heterocycles. The Morgan fingerprint density at radius 3 is 2.42 bits per heavy atom. The number of aromatic nitrogens is 1. The van der Waals surface area contributed by atoms with Gasteiger partial charge in [-0.2, -0.15) is 0 Å². The number of ether oxygens (including phenoxy) is 1. The Hall–Kier alpha value is -3.81. The van der Waals surface area contributed by atoms with Crippen LogP contribution in [0.4, 0.5) is 17.6 Å². The molecule has 8 heteroatoms. The van der Waals surface area contributed by atoms with E-state index in [2.05, 4.69) is 0 Å². The molecule has 3 aromatic carbocycles. The number of carboxylic acids is 1. The minimum Gasteiger partial charge on any atom is -0.489 e. The molecular formula is C23H15F4NO3. The Morgan fingerprint density at radius 2 is 1.71 bits per heavy atom. The van der Waals surface area contributed by atoms with Gasteiger partial charge in [0.1, 0.15) is 18.2 Å². The molecule has 1 aromatic heterocycles. The van der Waals surface area contributed by atoms with Crippen LogP contribution in [0.2, 0.25) is 0 Å². The van der Waals surface area contributed by atoms with Gasteiger partial charge in [-0.3, -0.25) is 0 Å². The summed E-state index contributed by atoms with van der Waals surface area (Å²) >= 11 is 0. The first-order chi connectivity index (χ1) is 14.8. The highest BCUT2D eigenvalue weighted by Crippen LogP contribution is 2.26. The van der Waals surface area contributed by atoms with E-state index in [9.17, 15) is 27.5 Å². The maximum Gasteiger partial charge on any atom is 0.336 e. The number of carboxylic acid groups (broad SMARTS) is 1. The van der Waals surface area contributed by atoms with Crippen LogP contribution in [0.15, 0.2) is 60.8 Å². The van der Waals surface area contributed by atoms with E-state index in [-0.39, 0.29) is 30.0 Å². The number of hydrogen-bond donors (Lipinski definition) is 1. The van der Waals surface area contributed by atoms with Gasteiger partial charge >= 0.3 is 5.97 Å². The lowest BCUT2D eigenvalue weighted by atomic mass is 10.1. The van der Waals surface area contributed by atoms with Crippen molar-refractivity contribution in [3.8, 4) is 5.75 Å². The summed E-state index contributed by atoms with van der Waals surface area (Å²) in [5.74, 6) is -5.52. The van der Waals surface area contributed by atoms with E-state index in [4.69, 9.17) is 4.74 Å². The summed E-state index contributed by atoms with van der Waals surface area (Å²) in [5, 5.41) is 9.87. The lowest BCUT2D eigenvalue weighted by molar-refractivity contribution is 0.0699. The smallest absolute Gasteiger partial charge is 0.336 e. The molecule has 0 saturated heterocycles. The minimum atomic E-state index is -1.56. The predicted octanol–water partition coefficient (Wildman–Crippen LogP) is 5.52. The molecule has 31 heavy (non-hydrogen) atoms. The Labute approximate surface area is 173 Å². The third kappa shape index (κ3) is 4.09. The van der Waals surface area contributed by atoms with Gasteiger partial charge in [0.2, 0.25) is 0 Å². The zero-order valence-corrected chi connectivity index (χ0v) is 15.9. The van der Waals surface area contributed by atoms with Crippen LogP contribution >= 0.6 is 0 Å². The van der Waals surface area contributed by atoms with Crippen LogP contribution in [-0.4, -0.2) is 15.6 Å². The van der Waals surface area contributed by atoms with Gasteiger partial charge in [0.25, 0.3) is 0 Å². The number of aromatic carboxylic acids is 1. The summed E-state index contributed by atoms with van der Waals surface area (Å²) in [6.45, 7) is -0.103. The molecule has 0 atom stereocenters. The minimum absolute atomic E-state index is 0.0733. The van der Waals surface area contributed by atoms with Crippen molar-refractivity contribution in [2.45, 2.75) is 13.2 Å². The van der Waals surface area contributed by atoms with E-state index in [1.54, 1.807) is 29.0 Å². The average molecular weight is 429 g/mol. The zero-order chi connectivity index (χ0) is 22.1. The first kappa shape index (κ1) is 20.5. The average Bonchev–Trinajstić information content (AvgIpc) is 3.14. The highest BCUT2D eigenvalue weighted by Gasteiger charge is 2.14. The molecule has 0 bridgehead atoms. The molecule has 1 N–H and O–H groups in total. The molecule has 0 unspecified atom stereocenters. The second kappa shape index (κ2) is 8.14. The van der Waals surface area contributed by atoms with Gasteiger partial charge in [-0.1, -0.05) is 6.07 Å². The SMILES string of the molecule is O=C(O)c1cccc2c1ccn2Cc1cc(F)ccc1OCc1cc(F)c(F)c(F)c1. The highest BCUT2D eigenvalue weighted by atomic mass is 19.2. The molecule has 0 aliphatic carbocycles. The van der Waals surface area contributed by atoms with Crippen LogP contribution in [0.5, 0.6) is 5.75 Å². The predicted molar refractivity (Wildman–Crippen MR) is 105 cm³/mol. The van der Waals surface area contributed by atoms with Gasteiger partial charge in [0.05, 0.1) is 12.1 Å². The van der Waals surface area contributed by atoms with Crippen molar-refractivity contribution in [3.05, 3.63) is 101 Å². The summed E-state index contributed by atoms with van der Waals surface area (Å²) in [7, 11) is 0. The summed E-state index contributed by atoms with van der Waals surface area (Å²) < 4.78 is 61.2. The molecule has 4 aromatic rings. The number of carbonyl (C=O) groups is 1. The molecule has 4 rings (SSSR count). The molecule has 0 amide bonds. The van der Waals surface area contributed by atoms with Crippen molar-refractivity contribution in [2.75, 3.05) is 0 Å². The van der Waals surface area contributed by atoms with E-state index < -0.39 is 29.2 Å². The molecule has 0 radical (unpaired) electrons. The number of fused-ring (bicyclic) bond motifs is 1. The van der Waals surface area contributed by atoms with E-state index in [1.165, 1.54) is 24.3 Å². The standard InChI is InChI=1S/C23H15F4NO3/c24-15-4-5-21(31-12-13-8-18(25)22(27)19(26)9-13)14(10-15)11-28-7-6-16-17(23(29)30)2-1-3-20(16)28/h1-10H,11-12H2,(H,29,30). The molecule has 4 nitrogen and oxygen atoms in total. The number of hydrogen-bond acceptors (Lipinski definition) is 2. The van der Waals surface area contributed by atoms with Crippen LogP contribution in [0.3, 0.4) is 0 Å². The van der Waals surface area contributed by atoms with Crippen LogP contribution < -0.4 is 4.74 Å². The second-order valence-corrected chi connectivity index (χ2v) is 6.90. The third-order valence-corrected chi connectivity index (χ3v) is 4.85. The first-order valence-corrected chi connectivity index (χ1v) is 9.19. The van der Waals surface area contributed by atoms with Crippen LogP contribution in [0.1, 0.15) is 21.5 Å². The molecule has 1 heterocycles. The van der Waals surface area contributed by atoms with Crippen molar-refractivity contribution < 1.29 is 32.2 Å². The van der Waals surface area contributed by atoms with Crippen molar-refractivity contribution in [1.82, 2.24) is 4.57 Å². The molecule has 0 spiro atoms. The second-order valence-electron chi connectivity index (χ2n) is 6.90. The van der Waals surface area contributed by atoms with E-state index >= 15 is 0 Å². The zero-order valence-electron chi connectivity index (χ0n) is 15.9.